The number of unbranched alkanes of at least 4 members (excludes halogenated alkanes) is 2. The van der Waals surface area contributed by atoms with E-state index in [0.717, 1.165) is 30.5 Å². The van der Waals surface area contributed by atoms with Crippen LogP contribution in [0.5, 0.6) is 5.75 Å². The van der Waals surface area contributed by atoms with Crippen molar-refractivity contribution in [3.05, 3.63) is 59.7 Å². The fourth-order valence-corrected chi connectivity index (χ4v) is 6.20. The number of Topliss-reactive ketones (excluding diaryl/α,β-unsaturated/α-hetero) is 1. The molecule has 0 unspecified atom stereocenters. The number of sulfone groups is 1. The monoisotopic (exact) mass is 543 g/mol. The number of nitrogens with one attached hydrogen (secondary N) is 1. The van der Waals surface area contributed by atoms with Gasteiger partial charge >= 0.3 is 6.36 Å². The third kappa shape index (κ3) is 7.08. The number of alkyl halides is 3. The van der Waals surface area contributed by atoms with Crippen molar-refractivity contribution in [1.29, 1.82) is 0 Å². The number of hydrogen-bond donors (Lipinski definition) is 2. The normalized spacial score (nSPS) is 15.7. The average molecular weight is 544 g/mol. The van der Waals surface area contributed by atoms with Crippen molar-refractivity contribution in [1.82, 2.24) is 5.48 Å². The molecule has 1 saturated heterocycles. The molecule has 37 heavy (non-hydrogen) atoms. The van der Waals surface area contributed by atoms with Crippen molar-refractivity contribution in [2.75, 3.05) is 13.2 Å². The summed E-state index contributed by atoms with van der Waals surface area (Å²) in [5, 5.41) is 9.13. The smallest absolute Gasteiger partial charge is 0.406 e. The Hall–Kier alpha value is -2.96. The minimum absolute atomic E-state index is 0.0148. The number of benzene rings is 2. The fraction of sp³-hybridized carbons (Fsp3) is 0.440. The molecule has 0 aliphatic carbocycles. The molecular formula is C25H28F3NO7S. The molecule has 2 aromatic carbocycles. The molecule has 2 N–H and O–H groups in total. The van der Waals surface area contributed by atoms with E-state index >= 15 is 0 Å². The lowest BCUT2D eigenvalue weighted by Crippen LogP contribution is -2.54. The summed E-state index contributed by atoms with van der Waals surface area (Å²) in [6.45, 7) is 0.177. The van der Waals surface area contributed by atoms with Gasteiger partial charge in [-0.25, -0.2) is 13.9 Å². The zero-order valence-electron chi connectivity index (χ0n) is 19.9. The summed E-state index contributed by atoms with van der Waals surface area (Å²) in [7, 11) is -4.08. The van der Waals surface area contributed by atoms with Gasteiger partial charge in [0.25, 0.3) is 5.91 Å². The van der Waals surface area contributed by atoms with Crippen LogP contribution >= 0.6 is 0 Å². The number of rotatable bonds is 11. The first-order valence-electron chi connectivity index (χ1n) is 11.7. The highest BCUT2D eigenvalue weighted by Gasteiger charge is 2.52. The van der Waals surface area contributed by atoms with E-state index in [2.05, 4.69) is 4.74 Å². The first-order valence-corrected chi connectivity index (χ1v) is 13.2. The molecule has 1 fully saturated rings. The molecular weight excluding hydrogens is 515 g/mol. The number of aryl methyl sites for hydroxylation is 1. The largest absolute Gasteiger partial charge is 0.573 e. The Kier molecular flexibility index (Phi) is 9.32. The molecule has 202 valence electrons. The Bertz CT molecular complexity index is 1170. The minimum atomic E-state index is -4.79. The Morgan fingerprint density at radius 3 is 2.16 bits per heavy atom. The number of ketones is 1. The maximum Gasteiger partial charge on any atom is 0.573 e. The van der Waals surface area contributed by atoms with E-state index in [9.17, 15) is 31.2 Å². The number of halogens is 3. The third-order valence-electron chi connectivity index (χ3n) is 6.34. The number of ether oxygens (including phenoxy) is 2. The molecule has 1 aliphatic rings. The van der Waals surface area contributed by atoms with Crippen LogP contribution in [0, 0.1) is 0 Å². The third-order valence-corrected chi connectivity index (χ3v) is 8.86. The van der Waals surface area contributed by atoms with Gasteiger partial charge in [0, 0.05) is 25.2 Å². The van der Waals surface area contributed by atoms with Crippen LogP contribution in [0.2, 0.25) is 0 Å². The number of hydroxylamine groups is 1. The molecule has 0 atom stereocenters. The van der Waals surface area contributed by atoms with E-state index in [1.54, 1.807) is 12.1 Å². The molecule has 0 radical (unpaired) electrons. The summed E-state index contributed by atoms with van der Waals surface area (Å²) in [5.74, 6) is -1.54. The topological polar surface area (TPSA) is 119 Å². The summed E-state index contributed by atoms with van der Waals surface area (Å²) < 4.78 is 70.4. The van der Waals surface area contributed by atoms with E-state index in [1.165, 1.54) is 29.7 Å². The van der Waals surface area contributed by atoms with Crippen LogP contribution in [0.3, 0.4) is 0 Å². The van der Waals surface area contributed by atoms with Crippen LogP contribution in [-0.4, -0.2) is 49.6 Å². The van der Waals surface area contributed by atoms with E-state index < -0.39 is 26.9 Å². The number of hydrogen-bond acceptors (Lipinski definition) is 7. The van der Waals surface area contributed by atoms with Gasteiger partial charge in [-0.05, 0) is 74.1 Å². The predicted octanol–water partition coefficient (Wildman–Crippen LogP) is 4.40. The maximum atomic E-state index is 13.3. The molecule has 12 heteroatoms. The lowest BCUT2D eigenvalue weighted by molar-refractivity contribution is -0.274. The first kappa shape index (κ1) is 28.6. The van der Waals surface area contributed by atoms with Gasteiger partial charge in [-0.15, -0.1) is 13.2 Å². The lowest BCUT2D eigenvalue weighted by atomic mass is 9.98. The van der Waals surface area contributed by atoms with E-state index in [1.807, 2.05) is 0 Å². The number of carbonyl (C=O) groups is 2. The average Bonchev–Trinajstić information content (AvgIpc) is 2.88. The predicted molar refractivity (Wildman–Crippen MR) is 126 cm³/mol. The molecule has 1 aliphatic heterocycles. The van der Waals surface area contributed by atoms with Crippen LogP contribution in [0.15, 0.2) is 53.4 Å². The van der Waals surface area contributed by atoms with Crippen LogP contribution in [-0.2, 0) is 25.8 Å². The number of carbonyl (C=O) groups excluding carboxylic acids is 2. The highest BCUT2D eigenvalue weighted by atomic mass is 32.2. The van der Waals surface area contributed by atoms with E-state index in [4.69, 9.17) is 9.94 Å². The molecule has 0 bridgehead atoms. The van der Waals surface area contributed by atoms with Gasteiger partial charge in [-0.1, -0.05) is 18.6 Å². The van der Waals surface area contributed by atoms with Crippen LogP contribution in [0.25, 0.3) is 0 Å². The quantitative estimate of drug-likeness (QED) is 0.187. The van der Waals surface area contributed by atoms with Crippen molar-refractivity contribution in [3.8, 4) is 5.75 Å². The minimum Gasteiger partial charge on any atom is -0.406 e. The molecule has 0 saturated carbocycles. The van der Waals surface area contributed by atoms with Gasteiger partial charge in [0.2, 0.25) is 0 Å². The van der Waals surface area contributed by atoms with Crippen molar-refractivity contribution < 1.29 is 45.9 Å². The summed E-state index contributed by atoms with van der Waals surface area (Å²) in [5.41, 5.74) is 2.68. The first-order chi connectivity index (χ1) is 17.5. The van der Waals surface area contributed by atoms with Crippen LogP contribution < -0.4 is 10.2 Å². The Morgan fingerprint density at radius 2 is 1.59 bits per heavy atom. The molecule has 1 heterocycles. The Labute approximate surface area is 212 Å². The van der Waals surface area contributed by atoms with Crippen molar-refractivity contribution >= 4 is 21.5 Å². The van der Waals surface area contributed by atoms with E-state index in [0.29, 0.717) is 18.4 Å². The summed E-state index contributed by atoms with van der Waals surface area (Å²) in [6, 6.07) is 11.0. The molecule has 8 nitrogen and oxygen atoms in total. The van der Waals surface area contributed by atoms with Gasteiger partial charge in [0.15, 0.2) is 20.4 Å². The summed E-state index contributed by atoms with van der Waals surface area (Å²) in [4.78, 5) is 24.6. The van der Waals surface area contributed by atoms with Crippen molar-refractivity contribution in [2.45, 2.75) is 61.0 Å². The highest BCUT2D eigenvalue weighted by molar-refractivity contribution is 7.93. The zero-order chi connectivity index (χ0) is 27.1. The second kappa shape index (κ2) is 12.1. The molecule has 2 aromatic rings. The standard InChI is InChI=1S/C25H28F3NO7S/c26-25(27,28)36-20-10-8-19(9-11-20)22(30)5-3-1-2-4-18-6-12-21(13-7-18)37(33,34)24(23(31)29-32)14-16-35-17-15-24/h6-13,32H,1-5,14-17H2,(H,29,31). The van der Waals surface area contributed by atoms with E-state index in [-0.39, 0.29) is 48.9 Å². The molecule has 0 aromatic heterocycles. The van der Waals surface area contributed by atoms with Gasteiger partial charge in [-0.3, -0.25) is 14.8 Å². The maximum absolute atomic E-state index is 13.3. The summed E-state index contributed by atoms with van der Waals surface area (Å²) >= 11 is 0. The molecule has 1 amide bonds. The SMILES string of the molecule is O=C(CCCCCc1ccc(S(=O)(=O)C2(C(=O)NO)CCOCC2)cc1)c1ccc(OC(F)(F)F)cc1. The Balaban J connectivity index is 1.49. The van der Waals surface area contributed by atoms with Gasteiger partial charge in [0.05, 0.1) is 4.90 Å². The molecule has 3 rings (SSSR count). The number of amides is 1. The molecule has 0 spiro atoms. The lowest BCUT2D eigenvalue weighted by Gasteiger charge is -2.34. The Morgan fingerprint density at radius 1 is 0.973 bits per heavy atom. The summed E-state index contributed by atoms with van der Waals surface area (Å²) in [6.07, 6.45) is -1.96. The van der Waals surface area contributed by atoms with Gasteiger partial charge in [-0.2, -0.15) is 0 Å². The van der Waals surface area contributed by atoms with Crippen molar-refractivity contribution in [2.24, 2.45) is 0 Å². The van der Waals surface area contributed by atoms with Crippen LogP contribution in [0.4, 0.5) is 13.2 Å². The second-order valence-electron chi connectivity index (χ2n) is 8.75. The van der Waals surface area contributed by atoms with Gasteiger partial charge < -0.3 is 9.47 Å². The highest BCUT2D eigenvalue weighted by Crippen LogP contribution is 2.35. The fourth-order valence-electron chi connectivity index (χ4n) is 4.26. The zero-order valence-corrected chi connectivity index (χ0v) is 20.7. The van der Waals surface area contributed by atoms with Crippen LogP contribution in [0.1, 0.15) is 54.4 Å². The van der Waals surface area contributed by atoms with Gasteiger partial charge in [0.1, 0.15) is 5.75 Å². The second-order valence-corrected chi connectivity index (χ2v) is 11.0. The van der Waals surface area contributed by atoms with Crippen molar-refractivity contribution in [3.63, 3.8) is 0 Å².